The third-order valence-corrected chi connectivity index (χ3v) is 6.93. The molecule has 4 aromatic rings. The van der Waals surface area contributed by atoms with Gasteiger partial charge in [0.2, 0.25) is 0 Å². The molecule has 202 valence electrons. The normalized spacial score (nSPS) is 14.8. The van der Waals surface area contributed by atoms with E-state index in [9.17, 15) is 9.18 Å². The van der Waals surface area contributed by atoms with Crippen LogP contribution in [0, 0.1) is 5.82 Å². The van der Waals surface area contributed by atoms with Crippen molar-refractivity contribution in [2.24, 2.45) is 0 Å². The van der Waals surface area contributed by atoms with Gasteiger partial charge >= 0.3 is 0 Å². The van der Waals surface area contributed by atoms with Crippen LogP contribution in [-0.2, 0) is 11.3 Å². The number of pyridine rings is 1. The van der Waals surface area contributed by atoms with Crippen LogP contribution in [-0.4, -0.2) is 56.4 Å². The summed E-state index contributed by atoms with van der Waals surface area (Å²) in [4.78, 5) is 20.5. The van der Waals surface area contributed by atoms with Gasteiger partial charge in [-0.25, -0.2) is 9.37 Å². The highest BCUT2D eigenvalue weighted by molar-refractivity contribution is 5.94. The molecule has 0 bridgehead atoms. The summed E-state index contributed by atoms with van der Waals surface area (Å²) >= 11 is 0. The molecule has 1 saturated heterocycles. The molecule has 1 aliphatic rings. The minimum Gasteiger partial charge on any atom is -0.497 e. The van der Waals surface area contributed by atoms with Crippen LogP contribution < -0.4 is 14.2 Å². The average Bonchev–Trinajstić information content (AvgIpc) is 3.49. The second kappa shape index (κ2) is 11.7. The molecule has 0 N–H and O–H groups in total. The Morgan fingerprint density at radius 3 is 2.46 bits per heavy atom. The number of ether oxygens (including phenoxy) is 4. The number of nitrogens with zero attached hydrogens (tertiary/aromatic N) is 2. The predicted octanol–water partition coefficient (Wildman–Crippen LogP) is 5.89. The third kappa shape index (κ3) is 5.81. The highest BCUT2D eigenvalue weighted by Crippen LogP contribution is 2.35. The Bertz CT molecular complexity index is 1470. The van der Waals surface area contributed by atoms with Crippen LogP contribution in [0.15, 0.2) is 66.7 Å². The summed E-state index contributed by atoms with van der Waals surface area (Å²) in [6.45, 7) is 1.37. The fraction of sp³-hybridized carbons (Fsp3) is 0.290. The van der Waals surface area contributed by atoms with Crippen molar-refractivity contribution >= 4 is 16.8 Å². The lowest BCUT2D eigenvalue weighted by atomic mass is 10.0. The second-order valence-electron chi connectivity index (χ2n) is 9.46. The van der Waals surface area contributed by atoms with E-state index in [2.05, 4.69) is 0 Å². The zero-order chi connectivity index (χ0) is 27.4. The molecule has 0 unspecified atom stereocenters. The number of methoxy groups -OCH3 is 3. The maximum Gasteiger partial charge on any atom is 0.254 e. The number of aromatic nitrogens is 1. The van der Waals surface area contributed by atoms with E-state index in [0.717, 1.165) is 40.6 Å². The zero-order valence-electron chi connectivity index (χ0n) is 22.3. The Kier molecular flexibility index (Phi) is 7.93. The topological polar surface area (TPSA) is 70.1 Å². The van der Waals surface area contributed by atoms with Gasteiger partial charge in [0.05, 0.1) is 38.6 Å². The number of carbonyl (C=O) groups excluding carboxylic acids is 1. The average molecular weight is 531 g/mol. The van der Waals surface area contributed by atoms with Gasteiger partial charge in [-0.05, 0) is 66.9 Å². The molecule has 1 amide bonds. The van der Waals surface area contributed by atoms with Gasteiger partial charge in [-0.3, -0.25) is 4.79 Å². The molecule has 2 heterocycles. The lowest BCUT2D eigenvalue weighted by Gasteiger charge is -2.27. The summed E-state index contributed by atoms with van der Waals surface area (Å²) in [5, 5.41) is 0.848. The molecule has 8 heteroatoms. The maximum atomic E-state index is 13.7. The quantitative estimate of drug-likeness (QED) is 0.269. The summed E-state index contributed by atoms with van der Waals surface area (Å²) in [6, 6.07) is 19.1. The Hall–Kier alpha value is -4.17. The van der Waals surface area contributed by atoms with Crippen molar-refractivity contribution in [1.82, 2.24) is 9.88 Å². The Labute approximate surface area is 227 Å². The molecule has 0 saturated carbocycles. The molecule has 39 heavy (non-hydrogen) atoms. The SMILES string of the molecule is COc1cccc(-c2nc3cc(OC)c(OC)cc3cc2CN(C[C@@H]2CCCO2)C(=O)c2ccc(F)cc2)c1. The molecule has 5 rings (SSSR count). The molecular weight excluding hydrogens is 499 g/mol. The Morgan fingerprint density at radius 2 is 1.77 bits per heavy atom. The van der Waals surface area contributed by atoms with E-state index in [1.807, 2.05) is 42.5 Å². The van der Waals surface area contributed by atoms with Crippen molar-refractivity contribution in [2.75, 3.05) is 34.5 Å². The molecular formula is C31H31FN2O5. The first-order valence-electron chi connectivity index (χ1n) is 12.9. The number of hydrogen-bond acceptors (Lipinski definition) is 6. The minimum absolute atomic E-state index is 0.0626. The molecule has 0 radical (unpaired) electrons. The standard InChI is InChI=1S/C31H31FN2O5/c1-36-25-7-4-6-21(15-25)30-23(14-22-16-28(37-2)29(38-3)17-27(22)33-30)18-34(19-26-8-5-13-39-26)31(35)20-9-11-24(32)12-10-20/h4,6-7,9-12,14-17,26H,5,8,13,18-19H2,1-3H3/t26-/m0/s1. The number of carbonyl (C=O) groups is 1. The smallest absolute Gasteiger partial charge is 0.254 e. The zero-order valence-corrected chi connectivity index (χ0v) is 22.3. The summed E-state index contributed by atoms with van der Waals surface area (Å²) < 4.78 is 36.0. The molecule has 0 spiro atoms. The first-order chi connectivity index (χ1) is 19.0. The number of amides is 1. The van der Waals surface area contributed by atoms with Crippen LogP contribution in [0.3, 0.4) is 0 Å². The summed E-state index contributed by atoms with van der Waals surface area (Å²) in [7, 11) is 4.80. The van der Waals surface area contributed by atoms with E-state index >= 15 is 0 Å². The van der Waals surface area contributed by atoms with Crippen LogP contribution in [0.25, 0.3) is 22.2 Å². The first-order valence-corrected chi connectivity index (χ1v) is 12.9. The fourth-order valence-electron chi connectivity index (χ4n) is 4.92. The van der Waals surface area contributed by atoms with Crippen LogP contribution in [0.4, 0.5) is 4.39 Å². The van der Waals surface area contributed by atoms with Gasteiger partial charge in [-0.15, -0.1) is 0 Å². The van der Waals surface area contributed by atoms with E-state index in [4.69, 9.17) is 23.9 Å². The van der Waals surface area contributed by atoms with Gasteiger partial charge < -0.3 is 23.8 Å². The molecule has 1 atom stereocenters. The molecule has 1 aliphatic heterocycles. The Balaban J connectivity index is 1.62. The fourth-order valence-corrected chi connectivity index (χ4v) is 4.92. The first kappa shape index (κ1) is 26.4. The summed E-state index contributed by atoms with van der Waals surface area (Å²) in [6.07, 6.45) is 1.77. The molecule has 1 fully saturated rings. The van der Waals surface area contributed by atoms with Gasteiger partial charge in [0, 0.05) is 42.3 Å². The van der Waals surface area contributed by atoms with Gasteiger partial charge in [-0.2, -0.15) is 0 Å². The maximum absolute atomic E-state index is 13.7. The Morgan fingerprint density at radius 1 is 1.00 bits per heavy atom. The lowest BCUT2D eigenvalue weighted by Crippen LogP contribution is -2.37. The number of hydrogen-bond donors (Lipinski definition) is 0. The number of halogens is 1. The van der Waals surface area contributed by atoms with Gasteiger partial charge in [0.15, 0.2) is 11.5 Å². The number of benzene rings is 3. The van der Waals surface area contributed by atoms with E-state index < -0.39 is 0 Å². The number of fused-ring (bicyclic) bond motifs is 1. The summed E-state index contributed by atoms with van der Waals surface area (Å²) in [5.74, 6) is 1.28. The molecule has 7 nitrogen and oxygen atoms in total. The van der Waals surface area contributed by atoms with E-state index in [1.54, 1.807) is 26.2 Å². The van der Waals surface area contributed by atoms with Crippen LogP contribution in [0.1, 0.15) is 28.8 Å². The molecule has 1 aromatic heterocycles. The van der Waals surface area contributed by atoms with Crippen LogP contribution in [0.5, 0.6) is 17.2 Å². The highest BCUT2D eigenvalue weighted by atomic mass is 19.1. The molecule has 3 aromatic carbocycles. The monoisotopic (exact) mass is 530 g/mol. The van der Waals surface area contributed by atoms with E-state index in [-0.39, 0.29) is 24.4 Å². The highest BCUT2D eigenvalue weighted by Gasteiger charge is 2.25. The van der Waals surface area contributed by atoms with E-state index in [1.165, 1.54) is 24.3 Å². The second-order valence-corrected chi connectivity index (χ2v) is 9.46. The van der Waals surface area contributed by atoms with Gasteiger partial charge in [0.25, 0.3) is 5.91 Å². The van der Waals surface area contributed by atoms with E-state index in [0.29, 0.717) is 36.0 Å². The van der Waals surface area contributed by atoms with Crippen molar-refractivity contribution < 1.29 is 28.1 Å². The van der Waals surface area contributed by atoms with Crippen LogP contribution in [0.2, 0.25) is 0 Å². The van der Waals surface area contributed by atoms with Gasteiger partial charge in [-0.1, -0.05) is 12.1 Å². The number of rotatable bonds is 9. The van der Waals surface area contributed by atoms with Crippen molar-refractivity contribution in [3.63, 3.8) is 0 Å². The van der Waals surface area contributed by atoms with Crippen molar-refractivity contribution in [1.29, 1.82) is 0 Å². The van der Waals surface area contributed by atoms with Gasteiger partial charge in [0.1, 0.15) is 11.6 Å². The van der Waals surface area contributed by atoms with Crippen molar-refractivity contribution in [3.8, 4) is 28.5 Å². The largest absolute Gasteiger partial charge is 0.497 e. The third-order valence-electron chi connectivity index (χ3n) is 6.93. The molecule has 0 aliphatic carbocycles. The van der Waals surface area contributed by atoms with Crippen LogP contribution >= 0.6 is 0 Å². The summed E-state index contributed by atoms with van der Waals surface area (Å²) in [5.41, 5.74) is 3.56. The van der Waals surface area contributed by atoms with Crippen molar-refractivity contribution in [3.05, 3.63) is 83.7 Å². The lowest BCUT2D eigenvalue weighted by molar-refractivity contribution is 0.0507. The minimum atomic E-state index is -0.388. The predicted molar refractivity (Wildman–Crippen MR) is 147 cm³/mol. The van der Waals surface area contributed by atoms with Crippen molar-refractivity contribution in [2.45, 2.75) is 25.5 Å².